The molecule has 0 aromatic carbocycles. The topological polar surface area (TPSA) is 26.3 Å². The van der Waals surface area contributed by atoms with Crippen LogP contribution in [0.25, 0.3) is 0 Å². The summed E-state index contributed by atoms with van der Waals surface area (Å²) in [4.78, 5) is 10.3. The van der Waals surface area contributed by atoms with Gasteiger partial charge in [0.05, 0.1) is 0 Å². The Kier molecular flexibility index (Phi) is 7.72. The van der Waals surface area contributed by atoms with Crippen LogP contribution in [0.3, 0.4) is 0 Å². The van der Waals surface area contributed by atoms with Gasteiger partial charge in [-0.05, 0) is 6.42 Å². The summed E-state index contributed by atoms with van der Waals surface area (Å²) < 4.78 is 4.75. The lowest BCUT2D eigenvalue weighted by Gasteiger charge is -2.03. The number of halogens is 2. The molecule has 0 spiro atoms. The molecule has 0 unspecified atom stereocenters. The van der Waals surface area contributed by atoms with E-state index < -0.39 is 4.84 Å². The zero-order valence-electron chi connectivity index (χ0n) is 7.19. The van der Waals surface area contributed by atoms with Crippen molar-refractivity contribution in [3.8, 4) is 0 Å². The van der Waals surface area contributed by atoms with Crippen LogP contribution < -0.4 is 0 Å². The van der Waals surface area contributed by atoms with Gasteiger partial charge < -0.3 is 4.74 Å². The van der Waals surface area contributed by atoms with Crippen LogP contribution in [0.4, 0.5) is 0 Å². The third-order valence-electron chi connectivity index (χ3n) is 1.35. The van der Waals surface area contributed by atoms with E-state index in [1.54, 1.807) is 0 Å². The molecule has 0 saturated carbocycles. The molecular weight excluding hydrogens is 199 g/mol. The van der Waals surface area contributed by atoms with Crippen molar-refractivity contribution >= 4 is 29.2 Å². The molecule has 0 aromatic rings. The van der Waals surface area contributed by atoms with Gasteiger partial charge >= 0.3 is 5.97 Å². The maximum absolute atomic E-state index is 10.9. The van der Waals surface area contributed by atoms with Gasteiger partial charge in [-0.3, -0.25) is 4.79 Å². The largest absolute Gasteiger partial charge is 0.463 e. The van der Waals surface area contributed by atoms with Crippen LogP contribution in [-0.2, 0) is 9.53 Å². The second-order valence-electron chi connectivity index (χ2n) is 2.53. The van der Waals surface area contributed by atoms with E-state index in [-0.39, 0.29) is 12.6 Å². The number of hydrogen-bond acceptors (Lipinski definition) is 2. The Hall–Kier alpha value is 0.0500. The van der Waals surface area contributed by atoms with Crippen molar-refractivity contribution in [2.75, 3.05) is 6.61 Å². The molecule has 4 heteroatoms. The van der Waals surface area contributed by atoms with Crippen LogP contribution in [0.5, 0.6) is 0 Å². The van der Waals surface area contributed by atoms with Gasteiger partial charge in [-0.25, -0.2) is 0 Å². The van der Waals surface area contributed by atoms with E-state index in [4.69, 9.17) is 27.9 Å². The average Bonchev–Trinajstić information content (AvgIpc) is 2.01. The fourth-order valence-electron chi connectivity index (χ4n) is 0.747. The number of unbranched alkanes of at least 4 members (excludes halogenated alkanes) is 2. The number of hydrogen-bond donors (Lipinski definition) is 0. The maximum atomic E-state index is 10.9. The van der Waals surface area contributed by atoms with Gasteiger partial charge in [0, 0.05) is 6.42 Å². The van der Waals surface area contributed by atoms with E-state index in [9.17, 15) is 4.79 Å². The minimum atomic E-state index is -0.611. The number of carbonyl (C=O) groups is 1. The van der Waals surface area contributed by atoms with Crippen LogP contribution >= 0.6 is 23.2 Å². The lowest BCUT2D eigenvalue weighted by atomic mass is 10.2. The minimum absolute atomic E-state index is 0.0913. The van der Waals surface area contributed by atoms with Gasteiger partial charge in [-0.15, -0.1) is 23.2 Å². The van der Waals surface area contributed by atoms with Crippen molar-refractivity contribution in [3.05, 3.63) is 0 Å². The Bertz CT molecular complexity index is 126. The summed E-state index contributed by atoms with van der Waals surface area (Å²) in [5.41, 5.74) is 0. The smallest absolute Gasteiger partial charge is 0.305 e. The second-order valence-corrected chi connectivity index (χ2v) is 3.81. The quantitative estimate of drug-likeness (QED) is 0.385. The van der Waals surface area contributed by atoms with Gasteiger partial charge in [-0.1, -0.05) is 19.8 Å². The molecule has 0 heterocycles. The molecule has 0 atom stereocenters. The highest BCUT2D eigenvalue weighted by molar-refractivity contribution is 6.44. The van der Waals surface area contributed by atoms with Crippen molar-refractivity contribution in [2.45, 2.75) is 37.4 Å². The molecule has 72 valence electrons. The molecule has 0 aliphatic carbocycles. The lowest BCUT2D eigenvalue weighted by Crippen LogP contribution is -2.09. The molecule has 2 nitrogen and oxygen atoms in total. The molecule has 0 amide bonds. The predicted octanol–water partition coefficient (Wildman–Crippen LogP) is 2.91. The van der Waals surface area contributed by atoms with Crippen LogP contribution in [-0.4, -0.2) is 17.4 Å². The number of ether oxygens (including phenoxy) is 1. The van der Waals surface area contributed by atoms with Gasteiger partial charge in [0.25, 0.3) is 0 Å². The van der Waals surface area contributed by atoms with E-state index in [0.717, 1.165) is 19.3 Å². The minimum Gasteiger partial charge on any atom is -0.463 e. The van der Waals surface area contributed by atoms with E-state index in [2.05, 4.69) is 6.92 Å². The third-order valence-corrected chi connectivity index (χ3v) is 1.61. The molecule has 0 aliphatic rings. The van der Waals surface area contributed by atoms with Crippen molar-refractivity contribution < 1.29 is 9.53 Å². The van der Waals surface area contributed by atoms with Crippen LogP contribution in [0.2, 0.25) is 0 Å². The van der Waals surface area contributed by atoms with E-state index >= 15 is 0 Å². The standard InChI is InChI=1S/C8H14Cl2O2/c1-2-3-4-5-8(11)12-6-7(9)10/h7H,2-6H2,1H3. The highest BCUT2D eigenvalue weighted by Crippen LogP contribution is 2.04. The zero-order chi connectivity index (χ0) is 9.40. The van der Waals surface area contributed by atoms with Crippen molar-refractivity contribution in [1.29, 1.82) is 0 Å². The first-order valence-corrected chi connectivity index (χ1v) is 4.98. The first kappa shape index (κ1) is 12.0. The molecule has 0 aromatic heterocycles. The van der Waals surface area contributed by atoms with Crippen LogP contribution in [0, 0.1) is 0 Å². The summed E-state index contributed by atoms with van der Waals surface area (Å²) >= 11 is 10.7. The molecule has 0 radical (unpaired) electrons. The fraction of sp³-hybridized carbons (Fsp3) is 0.875. The monoisotopic (exact) mass is 212 g/mol. The molecule has 0 bridgehead atoms. The van der Waals surface area contributed by atoms with E-state index in [0.29, 0.717) is 6.42 Å². The summed E-state index contributed by atoms with van der Waals surface area (Å²) in [6.07, 6.45) is 3.50. The summed E-state index contributed by atoms with van der Waals surface area (Å²) in [6, 6.07) is 0. The SMILES string of the molecule is CCCCCC(=O)OCC(Cl)Cl. The molecule has 0 aliphatic heterocycles. The summed E-state index contributed by atoms with van der Waals surface area (Å²) in [5, 5.41) is 0. The Morgan fingerprint density at radius 2 is 2.08 bits per heavy atom. The van der Waals surface area contributed by atoms with Crippen molar-refractivity contribution in [1.82, 2.24) is 0 Å². The van der Waals surface area contributed by atoms with Gasteiger partial charge in [0.1, 0.15) is 11.4 Å². The average molecular weight is 213 g/mol. The number of alkyl halides is 2. The van der Waals surface area contributed by atoms with E-state index in [1.807, 2.05) is 0 Å². The number of carbonyl (C=O) groups excluding carboxylic acids is 1. The first-order chi connectivity index (χ1) is 5.66. The first-order valence-electron chi connectivity index (χ1n) is 4.10. The second kappa shape index (κ2) is 7.69. The lowest BCUT2D eigenvalue weighted by molar-refractivity contribution is -0.143. The molecule has 0 N–H and O–H groups in total. The molecular formula is C8H14Cl2O2. The maximum Gasteiger partial charge on any atom is 0.305 e. The predicted molar refractivity (Wildman–Crippen MR) is 50.6 cm³/mol. The number of rotatable bonds is 6. The highest BCUT2D eigenvalue weighted by atomic mass is 35.5. The Morgan fingerprint density at radius 1 is 1.42 bits per heavy atom. The Morgan fingerprint density at radius 3 is 2.58 bits per heavy atom. The normalized spacial score (nSPS) is 10.3. The molecule has 0 fully saturated rings. The Balaban J connectivity index is 3.22. The summed E-state index contributed by atoms with van der Waals surface area (Å²) in [7, 11) is 0. The third kappa shape index (κ3) is 8.15. The van der Waals surface area contributed by atoms with Crippen LogP contribution in [0.15, 0.2) is 0 Å². The molecule has 0 rings (SSSR count). The Labute approximate surface area is 83.2 Å². The number of esters is 1. The summed E-state index contributed by atoms with van der Waals surface area (Å²) in [5.74, 6) is -0.213. The highest BCUT2D eigenvalue weighted by Gasteiger charge is 2.05. The van der Waals surface area contributed by atoms with E-state index in [1.165, 1.54) is 0 Å². The van der Waals surface area contributed by atoms with Crippen molar-refractivity contribution in [2.24, 2.45) is 0 Å². The molecule has 12 heavy (non-hydrogen) atoms. The summed E-state index contributed by atoms with van der Waals surface area (Å²) in [6.45, 7) is 2.17. The fourth-order valence-corrected chi connectivity index (χ4v) is 0.873. The van der Waals surface area contributed by atoms with Gasteiger partial charge in [0.15, 0.2) is 0 Å². The zero-order valence-corrected chi connectivity index (χ0v) is 8.70. The molecule has 0 saturated heterocycles. The van der Waals surface area contributed by atoms with Gasteiger partial charge in [0.2, 0.25) is 0 Å². The van der Waals surface area contributed by atoms with Gasteiger partial charge in [-0.2, -0.15) is 0 Å². The van der Waals surface area contributed by atoms with Crippen LogP contribution in [0.1, 0.15) is 32.6 Å². The van der Waals surface area contributed by atoms with Crippen molar-refractivity contribution in [3.63, 3.8) is 0 Å².